The van der Waals surface area contributed by atoms with E-state index >= 15 is 0 Å². The number of benzene rings is 1. The summed E-state index contributed by atoms with van der Waals surface area (Å²) < 4.78 is 5.20. The van der Waals surface area contributed by atoms with Crippen LogP contribution in [0, 0.1) is 0 Å². The summed E-state index contributed by atoms with van der Waals surface area (Å²) in [6.07, 6.45) is 7.12. The van der Waals surface area contributed by atoms with E-state index in [1.807, 2.05) is 0 Å². The molecule has 3 nitrogen and oxygen atoms in total. The van der Waals surface area contributed by atoms with Crippen molar-refractivity contribution in [3.05, 3.63) is 29.8 Å². The highest BCUT2D eigenvalue weighted by molar-refractivity contribution is 5.90. The van der Waals surface area contributed by atoms with Crippen molar-refractivity contribution in [1.82, 2.24) is 0 Å². The van der Waals surface area contributed by atoms with Gasteiger partial charge in [-0.05, 0) is 24.6 Å². The molecule has 0 aliphatic carbocycles. The van der Waals surface area contributed by atoms with E-state index in [9.17, 15) is 4.79 Å². The number of anilines is 1. The van der Waals surface area contributed by atoms with Gasteiger partial charge in [0.15, 0.2) is 0 Å². The van der Waals surface area contributed by atoms with Crippen LogP contribution in [0.15, 0.2) is 24.3 Å². The Hall–Kier alpha value is -1.51. The number of ether oxygens (including phenoxy) is 1. The van der Waals surface area contributed by atoms with Crippen molar-refractivity contribution in [2.75, 3.05) is 12.3 Å². The number of nitrogen functional groups attached to an aromatic ring is 1. The maximum Gasteiger partial charge on any atom is 0.338 e. The van der Waals surface area contributed by atoms with E-state index in [2.05, 4.69) is 6.92 Å². The number of hydrogen-bond acceptors (Lipinski definition) is 3. The topological polar surface area (TPSA) is 52.3 Å². The minimum absolute atomic E-state index is 0.282. The van der Waals surface area contributed by atoms with Gasteiger partial charge in [0.2, 0.25) is 0 Å². The Labute approximate surface area is 109 Å². The molecule has 2 N–H and O–H groups in total. The van der Waals surface area contributed by atoms with Crippen LogP contribution in [0.2, 0.25) is 0 Å². The molecular formula is C15H23NO2. The summed E-state index contributed by atoms with van der Waals surface area (Å²) in [7, 11) is 0. The summed E-state index contributed by atoms with van der Waals surface area (Å²) in [6, 6.07) is 6.88. The molecule has 0 bridgehead atoms. The van der Waals surface area contributed by atoms with Crippen molar-refractivity contribution in [2.24, 2.45) is 0 Å². The lowest BCUT2D eigenvalue weighted by Crippen LogP contribution is -2.06. The number of esters is 1. The lowest BCUT2D eigenvalue weighted by Gasteiger charge is -2.05. The maximum absolute atomic E-state index is 11.7. The van der Waals surface area contributed by atoms with Crippen LogP contribution in [0.4, 0.5) is 5.69 Å². The number of carbonyl (C=O) groups excluding carboxylic acids is 1. The Morgan fingerprint density at radius 2 is 1.89 bits per heavy atom. The van der Waals surface area contributed by atoms with Gasteiger partial charge in [0.25, 0.3) is 0 Å². The van der Waals surface area contributed by atoms with Gasteiger partial charge in [0.05, 0.1) is 12.2 Å². The molecule has 0 amide bonds. The first-order chi connectivity index (χ1) is 8.74. The molecule has 0 aliphatic rings. The van der Waals surface area contributed by atoms with Gasteiger partial charge in [-0.3, -0.25) is 0 Å². The summed E-state index contributed by atoms with van der Waals surface area (Å²) in [5, 5.41) is 0. The van der Waals surface area contributed by atoms with Crippen molar-refractivity contribution >= 4 is 11.7 Å². The lowest BCUT2D eigenvalue weighted by molar-refractivity contribution is 0.0497. The zero-order valence-electron chi connectivity index (χ0n) is 11.2. The summed E-state index contributed by atoms with van der Waals surface area (Å²) in [5.41, 5.74) is 6.73. The van der Waals surface area contributed by atoms with E-state index in [1.54, 1.807) is 24.3 Å². The highest BCUT2D eigenvalue weighted by atomic mass is 16.5. The lowest BCUT2D eigenvalue weighted by atomic mass is 10.1. The molecule has 0 aliphatic heterocycles. The summed E-state index contributed by atoms with van der Waals surface area (Å²) in [5.74, 6) is -0.282. The van der Waals surface area contributed by atoms with E-state index in [1.165, 1.54) is 25.7 Å². The van der Waals surface area contributed by atoms with Crippen molar-refractivity contribution in [2.45, 2.75) is 45.4 Å². The van der Waals surface area contributed by atoms with Gasteiger partial charge in [-0.25, -0.2) is 4.79 Å². The Morgan fingerprint density at radius 1 is 1.17 bits per heavy atom. The van der Waals surface area contributed by atoms with E-state index in [0.717, 1.165) is 12.8 Å². The molecule has 0 aromatic heterocycles. The molecule has 0 saturated carbocycles. The van der Waals surface area contributed by atoms with E-state index in [-0.39, 0.29) is 5.97 Å². The molecule has 1 aromatic carbocycles. The van der Waals surface area contributed by atoms with Gasteiger partial charge in [-0.2, -0.15) is 0 Å². The fraction of sp³-hybridized carbons (Fsp3) is 0.533. The second-order valence-corrected chi connectivity index (χ2v) is 4.53. The summed E-state index contributed by atoms with van der Waals surface area (Å²) in [4.78, 5) is 11.7. The van der Waals surface area contributed by atoms with Gasteiger partial charge in [0, 0.05) is 5.69 Å². The fourth-order valence-electron chi connectivity index (χ4n) is 1.80. The van der Waals surface area contributed by atoms with Crippen LogP contribution in [-0.4, -0.2) is 12.6 Å². The Bertz CT molecular complexity index is 363. The zero-order valence-corrected chi connectivity index (χ0v) is 11.2. The minimum atomic E-state index is -0.282. The summed E-state index contributed by atoms with van der Waals surface area (Å²) >= 11 is 0. The first-order valence-corrected chi connectivity index (χ1v) is 6.76. The van der Waals surface area contributed by atoms with Gasteiger partial charge in [-0.15, -0.1) is 0 Å². The first-order valence-electron chi connectivity index (χ1n) is 6.76. The number of carbonyl (C=O) groups is 1. The van der Waals surface area contributed by atoms with E-state index in [4.69, 9.17) is 10.5 Å². The highest BCUT2D eigenvalue weighted by Gasteiger charge is 2.06. The monoisotopic (exact) mass is 249 g/mol. The van der Waals surface area contributed by atoms with Crippen LogP contribution in [0.5, 0.6) is 0 Å². The number of unbranched alkanes of at least 4 members (excludes halogenated alkanes) is 5. The number of nitrogens with two attached hydrogens (primary N) is 1. The van der Waals surface area contributed by atoms with Crippen LogP contribution in [-0.2, 0) is 4.74 Å². The average Bonchev–Trinajstić information content (AvgIpc) is 2.37. The van der Waals surface area contributed by atoms with Gasteiger partial charge in [0.1, 0.15) is 0 Å². The molecule has 0 saturated heterocycles. The molecule has 18 heavy (non-hydrogen) atoms. The molecule has 3 heteroatoms. The smallest absolute Gasteiger partial charge is 0.338 e. The van der Waals surface area contributed by atoms with Crippen molar-refractivity contribution < 1.29 is 9.53 Å². The normalized spacial score (nSPS) is 10.3. The van der Waals surface area contributed by atoms with Crippen LogP contribution in [0.3, 0.4) is 0 Å². The molecule has 0 atom stereocenters. The van der Waals surface area contributed by atoms with Crippen LogP contribution in [0.1, 0.15) is 55.8 Å². The fourth-order valence-corrected chi connectivity index (χ4v) is 1.80. The molecule has 1 aromatic rings. The van der Waals surface area contributed by atoms with E-state index < -0.39 is 0 Å². The second kappa shape index (κ2) is 8.56. The Balaban J connectivity index is 2.14. The molecule has 100 valence electrons. The van der Waals surface area contributed by atoms with Crippen LogP contribution in [0.25, 0.3) is 0 Å². The van der Waals surface area contributed by atoms with Crippen LogP contribution >= 0.6 is 0 Å². The molecular weight excluding hydrogens is 226 g/mol. The van der Waals surface area contributed by atoms with Crippen molar-refractivity contribution in [1.29, 1.82) is 0 Å². The van der Waals surface area contributed by atoms with Crippen molar-refractivity contribution in [3.63, 3.8) is 0 Å². The molecule has 0 spiro atoms. The maximum atomic E-state index is 11.7. The molecule has 0 fully saturated rings. The molecule has 0 radical (unpaired) electrons. The quantitative estimate of drug-likeness (QED) is 0.433. The summed E-state index contributed by atoms with van der Waals surface area (Å²) in [6.45, 7) is 2.70. The first kappa shape index (κ1) is 14.6. The number of hydrogen-bond donors (Lipinski definition) is 1. The Kier molecular flexibility index (Phi) is 6.92. The van der Waals surface area contributed by atoms with Crippen molar-refractivity contribution in [3.8, 4) is 0 Å². The van der Waals surface area contributed by atoms with Crippen LogP contribution < -0.4 is 5.73 Å². The second-order valence-electron chi connectivity index (χ2n) is 4.53. The minimum Gasteiger partial charge on any atom is -0.462 e. The third-order valence-electron chi connectivity index (χ3n) is 2.85. The third kappa shape index (κ3) is 5.71. The molecule has 0 heterocycles. The zero-order chi connectivity index (χ0) is 13.2. The molecule has 1 rings (SSSR count). The number of rotatable bonds is 8. The standard InChI is InChI=1S/C15H23NO2/c1-2-3-4-5-6-7-11-18-15(17)13-9-8-10-14(16)12-13/h8-10,12H,2-7,11,16H2,1H3. The van der Waals surface area contributed by atoms with Gasteiger partial charge < -0.3 is 10.5 Å². The van der Waals surface area contributed by atoms with Gasteiger partial charge in [-0.1, -0.05) is 45.1 Å². The predicted molar refractivity (Wildman–Crippen MR) is 74.5 cm³/mol. The Morgan fingerprint density at radius 3 is 2.61 bits per heavy atom. The SMILES string of the molecule is CCCCCCCCOC(=O)c1cccc(N)c1. The largest absolute Gasteiger partial charge is 0.462 e. The highest BCUT2D eigenvalue weighted by Crippen LogP contribution is 2.09. The third-order valence-corrected chi connectivity index (χ3v) is 2.85. The molecule has 0 unspecified atom stereocenters. The average molecular weight is 249 g/mol. The van der Waals surface area contributed by atoms with E-state index in [0.29, 0.717) is 17.9 Å². The predicted octanol–water partition coefficient (Wildman–Crippen LogP) is 3.79. The van der Waals surface area contributed by atoms with Gasteiger partial charge >= 0.3 is 5.97 Å².